The Bertz CT molecular complexity index is 1420. The molecule has 0 spiro atoms. The predicted molar refractivity (Wildman–Crippen MR) is 112 cm³/mol. The molecule has 2 heterocycles. The summed E-state index contributed by atoms with van der Waals surface area (Å²) in [7, 11) is 0. The van der Waals surface area contributed by atoms with Gasteiger partial charge in [-0.1, -0.05) is 54.6 Å². The second-order valence-electron chi connectivity index (χ2n) is 6.62. The number of rotatable bonds is 1. The van der Waals surface area contributed by atoms with Crippen molar-refractivity contribution in [2.75, 3.05) is 0 Å². The standard InChI is InChI=1S/C24H14OS/c1-3-7-18-15(5-1)9-10-21-22(18)23-19-8-4-2-6-16(19)13-20(24(23)25-21)17-11-12-26-14-17/h1-14H. The minimum Gasteiger partial charge on any atom is -0.455 e. The number of thiophene rings is 1. The van der Waals surface area contributed by atoms with Crippen molar-refractivity contribution in [1.29, 1.82) is 0 Å². The summed E-state index contributed by atoms with van der Waals surface area (Å²) >= 11 is 1.72. The summed E-state index contributed by atoms with van der Waals surface area (Å²) in [4.78, 5) is 0. The fourth-order valence-corrected chi connectivity index (χ4v) is 4.68. The van der Waals surface area contributed by atoms with Crippen LogP contribution in [0.3, 0.4) is 0 Å². The molecule has 0 amide bonds. The minimum atomic E-state index is 0.950. The van der Waals surface area contributed by atoms with E-state index in [1.54, 1.807) is 11.3 Å². The highest BCUT2D eigenvalue weighted by molar-refractivity contribution is 7.08. The molecule has 122 valence electrons. The van der Waals surface area contributed by atoms with Crippen molar-refractivity contribution in [3.05, 3.63) is 83.6 Å². The molecule has 6 aromatic rings. The molecule has 0 atom stereocenters. The maximum absolute atomic E-state index is 6.43. The highest BCUT2D eigenvalue weighted by Gasteiger charge is 2.17. The van der Waals surface area contributed by atoms with Crippen LogP contribution in [0.15, 0.2) is 88.0 Å². The molecule has 0 N–H and O–H groups in total. The first-order chi connectivity index (χ1) is 12.9. The Kier molecular flexibility index (Phi) is 2.82. The largest absolute Gasteiger partial charge is 0.455 e. The molecule has 0 saturated carbocycles. The third-order valence-electron chi connectivity index (χ3n) is 5.19. The maximum Gasteiger partial charge on any atom is 0.143 e. The number of furan rings is 1. The average Bonchev–Trinajstić information content (AvgIpc) is 3.35. The Balaban J connectivity index is 1.95. The van der Waals surface area contributed by atoms with Crippen LogP contribution in [0.4, 0.5) is 0 Å². The van der Waals surface area contributed by atoms with E-state index in [0.29, 0.717) is 0 Å². The lowest BCUT2D eigenvalue weighted by Crippen LogP contribution is -1.80. The quantitative estimate of drug-likeness (QED) is 0.297. The molecule has 2 aromatic heterocycles. The average molecular weight is 350 g/mol. The molecule has 0 radical (unpaired) electrons. The van der Waals surface area contributed by atoms with Crippen LogP contribution in [-0.4, -0.2) is 0 Å². The Morgan fingerprint density at radius 2 is 1.46 bits per heavy atom. The molecular weight excluding hydrogens is 336 g/mol. The fraction of sp³-hybridized carbons (Fsp3) is 0. The van der Waals surface area contributed by atoms with Gasteiger partial charge in [-0.2, -0.15) is 11.3 Å². The molecule has 0 aliphatic rings. The van der Waals surface area contributed by atoms with Gasteiger partial charge in [0.1, 0.15) is 11.2 Å². The Morgan fingerprint density at radius 3 is 2.27 bits per heavy atom. The van der Waals surface area contributed by atoms with Crippen molar-refractivity contribution in [2.45, 2.75) is 0 Å². The van der Waals surface area contributed by atoms with Gasteiger partial charge in [0.2, 0.25) is 0 Å². The molecular formula is C24H14OS. The molecule has 0 bridgehead atoms. The minimum absolute atomic E-state index is 0.950. The molecule has 2 heteroatoms. The van der Waals surface area contributed by atoms with E-state index in [0.717, 1.165) is 11.2 Å². The van der Waals surface area contributed by atoms with Gasteiger partial charge in [-0.25, -0.2) is 0 Å². The Morgan fingerprint density at radius 1 is 0.692 bits per heavy atom. The first-order valence-electron chi connectivity index (χ1n) is 8.68. The maximum atomic E-state index is 6.43. The van der Waals surface area contributed by atoms with E-state index >= 15 is 0 Å². The summed E-state index contributed by atoms with van der Waals surface area (Å²) in [5, 5.41) is 11.7. The van der Waals surface area contributed by atoms with Gasteiger partial charge >= 0.3 is 0 Å². The van der Waals surface area contributed by atoms with Crippen molar-refractivity contribution < 1.29 is 4.42 Å². The van der Waals surface area contributed by atoms with Gasteiger partial charge in [-0.3, -0.25) is 0 Å². The SMILES string of the molecule is c1ccc2c(c1)ccc1oc3c(-c4ccsc4)cc4ccccc4c3c12. The lowest BCUT2D eigenvalue weighted by Gasteiger charge is -2.06. The number of fused-ring (bicyclic) bond motifs is 7. The molecule has 1 nitrogen and oxygen atoms in total. The summed E-state index contributed by atoms with van der Waals surface area (Å²) in [5.41, 5.74) is 4.31. The summed E-state index contributed by atoms with van der Waals surface area (Å²) in [6, 6.07) is 25.8. The van der Waals surface area contributed by atoms with Gasteiger partial charge in [0.25, 0.3) is 0 Å². The van der Waals surface area contributed by atoms with Gasteiger partial charge in [0.05, 0.1) is 0 Å². The van der Waals surface area contributed by atoms with Crippen molar-refractivity contribution >= 4 is 54.8 Å². The Labute approximate surface area is 154 Å². The summed E-state index contributed by atoms with van der Waals surface area (Å²) in [6.45, 7) is 0. The molecule has 0 aliphatic carbocycles. The molecule has 6 rings (SSSR count). The molecule has 0 unspecified atom stereocenters. The lowest BCUT2D eigenvalue weighted by molar-refractivity contribution is 0.670. The second-order valence-corrected chi connectivity index (χ2v) is 7.40. The molecule has 4 aromatic carbocycles. The topological polar surface area (TPSA) is 13.1 Å². The zero-order valence-electron chi connectivity index (χ0n) is 13.9. The van der Waals surface area contributed by atoms with Crippen LogP contribution in [0.2, 0.25) is 0 Å². The zero-order valence-corrected chi connectivity index (χ0v) is 14.7. The molecule has 26 heavy (non-hydrogen) atoms. The Hall–Kier alpha value is -3.10. The first kappa shape index (κ1) is 14.1. The predicted octanol–water partition coefficient (Wildman–Crippen LogP) is 7.62. The van der Waals surface area contributed by atoms with Crippen LogP contribution in [0, 0.1) is 0 Å². The van der Waals surface area contributed by atoms with Gasteiger partial charge < -0.3 is 4.42 Å². The van der Waals surface area contributed by atoms with Crippen LogP contribution < -0.4 is 0 Å². The van der Waals surface area contributed by atoms with E-state index < -0.39 is 0 Å². The van der Waals surface area contributed by atoms with Crippen LogP contribution in [0.1, 0.15) is 0 Å². The summed E-state index contributed by atoms with van der Waals surface area (Å²) in [5.74, 6) is 0. The monoisotopic (exact) mass is 350 g/mol. The van der Waals surface area contributed by atoms with Crippen LogP contribution in [-0.2, 0) is 0 Å². The smallest absolute Gasteiger partial charge is 0.143 e. The van der Waals surface area contributed by atoms with Crippen molar-refractivity contribution in [2.24, 2.45) is 0 Å². The van der Waals surface area contributed by atoms with E-state index in [4.69, 9.17) is 4.42 Å². The normalized spacial score (nSPS) is 11.8. The highest BCUT2D eigenvalue weighted by atomic mass is 32.1. The second kappa shape index (κ2) is 5.20. The summed E-state index contributed by atoms with van der Waals surface area (Å²) in [6.07, 6.45) is 0. The number of benzene rings is 4. The highest BCUT2D eigenvalue weighted by Crippen LogP contribution is 2.43. The zero-order chi connectivity index (χ0) is 17.1. The van der Waals surface area contributed by atoms with E-state index in [-0.39, 0.29) is 0 Å². The molecule has 0 fully saturated rings. The fourth-order valence-electron chi connectivity index (χ4n) is 4.02. The summed E-state index contributed by atoms with van der Waals surface area (Å²) < 4.78 is 6.43. The van der Waals surface area contributed by atoms with Crippen molar-refractivity contribution in [3.8, 4) is 11.1 Å². The lowest BCUT2D eigenvalue weighted by atomic mass is 9.96. The molecule has 0 aliphatic heterocycles. The third kappa shape index (κ3) is 1.85. The van der Waals surface area contributed by atoms with Gasteiger partial charge in [-0.05, 0) is 56.1 Å². The van der Waals surface area contributed by atoms with Gasteiger partial charge in [0, 0.05) is 16.3 Å². The number of hydrogen-bond donors (Lipinski definition) is 0. The van der Waals surface area contributed by atoms with Gasteiger partial charge in [-0.15, -0.1) is 0 Å². The molecule has 0 saturated heterocycles. The van der Waals surface area contributed by atoms with Crippen molar-refractivity contribution in [1.82, 2.24) is 0 Å². The van der Waals surface area contributed by atoms with Gasteiger partial charge in [0.15, 0.2) is 0 Å². The van der Waals surface area contributed by atoms with E-state index in [9.17, 15) is 0 Å². The van der Waals surface area contributed by atoms with Crippen LogP contribution in [0.25, 0.3) is 54.6 Å². The van der Waals surface area contributed by atoms with Crippen LogP contribution >= 0.6 is 11.3 Å². The number of hydrogen-bond acceptors (Lipinski definition) is 2. The van der Waals surface area contributed by atoms with E-state index in [1.807, 2.05) is 0 Å². The van der Waals surface area contributed by atoms with E-state index in [1.165, 1.54) is 43.4 Å². The first-order valence-corrected chi connectivity index (χ1v) is 9.63. The third-order valence-corrected chi connectivity index (χ3v) is 5.87. The van der Waals surface area contributed by atoms with Crippen molar-refractivity contribution in [3.63, 3.8) is 0 Å². The van der Waals surface area contributed by atoms with E-state index in [2.05, 4.69) is 83.6 Å². The van der Waals surface area contributed by atoms with Crippen LogP contribution in [0.5, 0.6) is 0 Å².